The van der Waals surface area contributed by atoms with Crippen molar-refractivity contribution >= 4 is 35.2 Å². The first-order valence-electron chi connectivity index (χ1n) is 8.43. The van der Waals surface area contributed by atoms with Crippen LogP contribution in [-0.4, -0.2) is 19.1 Å². The number of benzene rings is 2. The fraction of sp³-hybridized carbons (Fsp3) is 0.200. The number of carbonyl (C=O) groups is 2. The number of rotatable bonds is 5. The third-order valence-electron chi connectivity index (χ3n) is 4.31. The van der Waals surface area contributed by atoms with E-state index < -0.39 is 18.0 Å². The molecule has 1 atom stereocenters. The molecule has 2 aromatic carbocycles. The molecule has 3 rings (SSSR count). The van der Waals surface area contributed by atoms with Crippen LogP contribution in [-0.2, 0) is 16.1 Å². The van der Waals surface area contributed by atoms with E-state index in [-0.39, 0.29) is 6.61 Å². The summed E-state index contributed by atoms with van der Waals surface area (Å²) in [6.45, 7) is 1.83. The van der Waals surface area contributed by atoms with E-state index in [1.165, 1.54) is 7.11 Å². The average molecular weight is 421 g/mol. The molecule has 1 aliphatic heterocycles. The molecule has 0 aromatic heterocycles. The average Bonchev–Trinajstić information content (AvgIpc) is 2.66. The highest BCUT2D eigenvalue weighted by atomic mass is 35.5. The molecule has 8 heteroatoms. The van der Waals surface area contributed by atoms with E-state index in [4.69, 9.17) is 32.7 Å². The van der Waals surface area contributed by atoms with Gasteiger partial charge in [-0.05, 0) is 36.8 Å². The Balaban J connectivity index is 1.87. The molecule has 2 N–H and O–H groups in total. The Morgan fingerprint density at radius 2 is 1.82 bits per heavy atom. The summed E-state index contributed by atoms with van der Waals surface area (Å²) in [6, 6.07) is 11.3. The van der Waals surface area contributed by atoms with Crippen molar-refractivity contribution in [3.8, 4) is 5.75 Å². The highest BCUT2D eigenvalue weighted by Crippen LogP contribution is 2.31. The van der Waals surface area contributed by atoms with E-state index in [9.17, 15) is 9.59 Å². The zero-order valence-corrected chi connectivity index (χ0v) is 16.7. The Morgan fingerprint density at radius 1 is 1.14 bits per heavy atom. The number of amides is 2. The van der Waals surface area contributed by atoms with Gasteiger partial charge in [0.15, 0.2) is 0 Å². The number of carbonyl (C=O) groups excluding carboxylic acids is 2. The van der Waals surface area contributed by atoms with Gasteiger partial charge in [-0.1, -0.05) is 41.4 Å². The summed E-state index contributed by atoms with van der Waals surface area (Å²) in [4.78, 5) is 24.1. The first-order valence-corrected chi connectivity index (χ1v) is 9.18. The Hall–Kier alpha value is -2.70. The van der Waals surface area contributed by atoms with Gasteiger partial charge >= 0.3 is 12.0 Å². The van der Waals surface area contributed by atoms with Crippen molar-refractivity contribution in [1.29, 1.82) is 0 Å². The summed E-state index contributed by atoms with van der Waals surface area (Å²) in [6.07, 6.45) is 0. The van der Waals surface area contributed by atoms with Crippen molar-refractivity contribution in [3.05, 3.63) is 74.9 Å². The first-order chi connectivity index (χ1) is 13.4. The lowest BCUT2D eigenvalue weighted by molar-refractivity contribution is -0.136. The minimum atomic E-state index is -0.659. The molecule has 0 saturated carbocycles. The van der Waals surface area contributed by atoms with E-state index in [1.807, 2.05) is 0 Å². The number of methoxy groups -OCH3 is 1. The second-order valence-corrected chi connectivity index (χ2v) is 6.94. The summed E-state index contributed by atoms with van der Waals surface area (Å²) >= 11 is 12.3. The maximum absolute atomic E-state index is 12.2. The number of hydrogen-bond acceptors (Lipinski definition) is 4. The first kappa shape index (κ1) is 20.0. The number of hydrogen-bond donors (Lipinski definition) is 2. The molecule has 146 valence electrons. The van der Waals surface area contributed by atoms with Crippen LogP contribution in [0.25, 0.3) is 0 Å². The molecule has 0 fully saturated rings. The Labute approximate surface area is 172 Å². The van der Waals surface area contributed by atoms with Gasteiger partial charge in [0, 0.05) is 21.3 Å². The summed E-state index contributed by atoms with van der Waals surface area (Å²) in [5.74, 6) is 0.0207. The van der Waals surface area contributed by atoms with Crippen LogP contribution in [0.15, 0.2) is 53.7 Å². The lowest BCUT2D eigenvalue weighted by atomic mass is 9.95. The molecule has 1 aliphatic rings. The number of esters is 1. The standard InChI is InChI=1S/C20H18Cl2N2O4/c1-11-17(19(25)27-2)18(24-20(26)23-11)12-5-3-6-13(9-12)28-10-14-15(21)7-4-8-16(14)22/h3-9,18H,10H2,1-2H3,(H2,23,24,26). The SMILES string of the molecule is COC(=O)C1=C(C)NC(=O)NC1c1cccc(OCc2c(Cl)cccc2Cl)c1. The monoisotopic (exact) mass is 420 g/mol. The summed E-state index contributed by atoms with van der Waals surface area (Å²) in [5, 5.41) is 6.36. The predicted octanol–water partition coefficient (Wildman–Crippen LogP) is 4.37. The third-order valence-corrected chi connectivity index (χ3v) is 5.02. The van der Waals surface area contributed by atoms with E-state index in [1.54, 1.807) is 49.4 Å². The van der Waals surface area contributed by atoms with Crippen molar-refractivity contribution < 1.29 is 19.1 Å². The van der Waals surface area contributed by atoms with Crippen molar-refractivity contribution in [2.75, 3.05) is 7.11 Å². The van der Waals surface area contributed by atoms with Crippen LogP contribution in [0.2, 0.25) is 10.0 Å². The van der Waals surface area contributed by atoms with Crippen molar-refractivity contribution in [1.82, 2.24) is 10.6 Å². The number of nitrogens with one attached hydrogen (secondary N) is 2. The van der Waals surface area contributed by atoms with Gasteiger partial charge in [0.05, 0.1) is 18.7 Å². The van der Waals surface area contributed by atoms with Gasteiger partial charge in [0.1, 0.15) is 12.4 Å². The lowest BCUT2D eigenvalue weighted by Crippen LogP contribution is -2.45. The maximum atomic E-state index is 12.2. The Kier molecular flexibility index (Phi) is 6.11. The van der Waals surface area contributed by atoms with E-state index in [0.717, 1.165) is 0 Å². The largest absolute Gasteiger partial charge is 0.489 e. The van der Waals surface area contributed by atoms with E-state index in [2.05, 4.69) is 10.6 Å². The second kappa shape index (κ2) is 8.54. The van der Waals surface area contributed by atoms with Crippen LogP contribution in [0.1, 0.15) is 24.1 Å². The molecular formula is C20H18Cl2N2O4. The highest BCUT2D eigenvalue weighted by Gasteiger charge is 2.32. The zero-order valence-electron chi connectivity index (χ0n) is 15.2. The Bertz CT molecular complexity index is 939. The molecule has 0 spiro atoms. The highest BCUT2D eigenvalue weighted by molar-refractivity contribution is 6.35. The van der Waals surface area contributed by atoms with Crippen molar-refractivity contribution in [2.45, 2.75) is 19.6 Å². The molecule has 0 saturated heterocycles. The van der Waals surface area contributed by atoms with Crippen molar-refractivity contribution in [3.63, 3.8) is 0 Å². The predicted molar refractivity (Wildman–Crippen MR) is 106 cm³/mol. The molecule has 6 nitrogen and oxygen atoms in total. The van der Waals surface area contributed by atoms with E-state index in [0.29, 0.717) is 38.2 Å². The van der Waals surface area contributed by atoms with Crippen LogP contribution in [0.5, 0.6) is 5.75 Å². The van der Waals surface area contributed by atoms with Crippen LogP contribution in [0.4, 0.5) is 4.79 Å². The molecular weight excluding hydrogens is 403 g/mol. The normalized spacial score (nSPS) is 16.3. The molecule has 2 amide bonds. The van der Waals surface area contributed by atoms with Crippen molar-refractivity contribution in [2.24, 2.45) is 0 Å². The molecule has 0 bridgehead atoms. The zero-order chi connectivity index (χ0) is 20.3. The van der Waals surface area contributed by atoms with Gasteiger partial charge in [-0.15, -0.1) is 0 Å². The minimum absolute atomic E-state index is 0.180. The Morgan fingerprint density at radius 3 is 2.50 bits per heavy atom. The minimum Gasteiger partial charge on any atom is -0.489 e. The molecule has 28 heavy (non-hydrogen) atoms. The molecule has 0 aliphatic carbocycles. The second-order valence-electron chi connectivity index (χ2n) is 6.12. The molecule has 0 radical (unpaired) electrons. The van der Waals surface area contributed by atoms with Gasteiger partial charge in [-0.3, -0.25) is 0 Å². The van der Waals surface area contributed by atoms with Crippen LogP contribution >= 0.6 is 23.2 Å². The van der Waals surface area contributed by atoms with Gasteiger partial charge in [0.2, 0.25) is 0 Å². The summed E-state index contributed by atoms with van der Waals surface area (Å²) < 4.78 is 10.7. The lowest BCUT2D eigenvalue weighted by Gasteiger charge is -2.28. The number of halogens is 2. The molecule has 2 aromatic rings. The van der Waals surface area contributed by atoms with Gasteiger partial charge in [0.25, 0.3) is 0 Å². The smallest absolute Gasteiger partial charge is 0.337 e. The number of ether oxygens (including phenoxy) is 2. The fourth-order valence-electron chi connectivity index (χ4n) is 2.93. The molecule has 1 unspecified atom stereocenters. The topological polar surface area (TPSA) is 76.7 Å². The van der Waals surface area contributed by atoms with Crippen LogP contribution < -0.4 is 15.4 Å². The van der Waals surface area contributed by atoms with E-state index >= 15 is 0 Å². The summed E-state index contributed by atoms with van der Waals surface area (Å²) in [7, 11) is 1.29. The number of urea groups is 1. The van der Waals surface area contributed by atoms with Gasteiger partial charge in [-0.2, -0.15) is 0 Å². The van der Waals surface area contributed by atoms with Gasteiger partial charge < -0.3 is 20.1 Å². The summed E-state index contributed by atoms with van der Waals surface area (Å²) in [5.41, 5.74) is 2.12. The quantitative estimate of drug-likeness (QED) is 0.703. The maximum Gasteiger partial charge on any atom is 0.337 e. The van der Waals surface area contributed by atoms with Crippen LogP contribution in [0.3, 0.4) is 0 Å². The fourth-order valence-corrected chi connectivity index (χ4v) is 3.44. The van der Waals surface area contributed by atoms with Crippen LogP contribution in [0, 0.1) is 0 Å². The van der Waals surface area contributed by atoms with Gasteiger partial charge in [-0.25, -0.2) is 9.59 Å². The third kappa shape index (κ3) is 4.24. The number of allylic oxidation sites excluding steroid dienone is 1. The molecule has 1 heterocycles.